The van der Waals surface area contributed by atoms with Gasteiger partial charge < -0.3 is 15.1 Å². The Morgan fingerprint density at radius 1 is 1.17 bits per heavy atom. The van der Waals surface area contributed by atoms with Crippen LogP contribution in [0.1, 0.15) is 18.4 Å². The van der Waals surface area contributed by atoms with E-state index in [1.807, 2.05) is 12.1 Å². The Labute approximate surface area is 211 Å². The molecule has 0 aliphatic carbocycles. The van der Waals surface area contributed by atoms with Crippen LogP contribution in [0.5, 0.6) is 0 Å². The number of nitrogens with zero attached hydrogens (tertiary/aromatic N) is 5. The largest absolute Gasteiger partial charge is 0.423 e. The molecule has 1 N–H and O–H groups in total. The van der Waals surface area contributed by atoms with Gasteiger partial charge in [0.15, 0.2) is 0 Å². The molecular formula is C23H26ClF3N6O3. The van der Waals surface area contributed by atoms with Crippen molar-refractivity contribution in [1.82, 2.24) is 14.8 Å². The van der Waals surface area contributed by atoms with Crippen LogP contribution in [0.15, 0.2) is 36.5 Å². The van der Waals surface area contributed by atoms with E-state index in [-0.39, 0.29) is 17.6 Å². The monoisotopic (exact) mass is 526 g/mol. The topological polar surface area (TPSA) is 94.9 Å². The summed E-state index contributed by atoms with van der Waals surface area (Å²) < 4.78 is 39.7. The Bertz CT molecular complexity index is 1090. The van der Waals surface area contributed by atoms with Gasteiger partial charge in [0.25, 0.3) is 5.69 Å². The Balaban J connectivity index is 1.23. The number of nitro groups is 1. The number of nitrogens with one attached hydrogen (secondary N) is 1. The summed E-state index contributed by atoms with van der Waals surface area (Å²) in [5.41, 5.74) is -2.14. The second-order valence-electron chi connectivity index (χ2n) is 8.87. The summed E-state index contributed by atoms with van der Waals surface area (Å²) in [5.74, 6) is 0.877. The van der Waals surface area contributed by atoms with Crippen molar-refractivity contribution < 1.29 is 22.9 Å². The fourth-order valence-corrected chi connectivity index (χ4v) is 4.63. The number of anilines is 2. The van der Waals surface area contributed by atoms with Crippen molar-refractivity contribution in [2.75, 3.05) is 56.0 Å². The van der Waals surface area contributed by atoms with Gasteiger partial charge in [0.1, 0.15) is 11.4 Å². The number of rotatable bonds is 7. The summed E-state index contributed by atoms with van der Waals surface area (Å²) in [6, 6.07) is 6.33. The zero-order valence-corrected chi connectivity index (χ0v) is 20.1. The third-order valence-corrected chi connectivity index (χ3v) is 6.68. The molecule has 0 radical (unpaired) electrons. The second-order valence-corrected chi connectivity index (χ2v) is 9.31. The maximum absolute atomic E-state index is 13.2. The number of aromatic nitrogens is 1. The van der Waals surface area contributed by atoms with Crippen LogP contribution >= 0.6 is 11.6 Å². The Kier molecular flexibility index (Phi) is 7.84. The third kappa shape index (κ3) is 6.35. The molecule has 2 aliphatic heterocycles. The molecule has 2 fully saturated rings. The number of carbonyl (C=O) groups excluding carboxylic acids is 1. The van der Waals surface area contributed by atoms with Gasteiger partial charge in [-0.15, -0.1) is 0 Å². The highest BCUT2D eigenvalue weighted by atomic mass is 35.5. The molecule has 1 aromatic carbocycles. The van der Waals surface area contributed by atoms with Crippen molar-refractivity contribution in [2.45, 2.75) is 25.1 Å². The van der Waals surface area contributed by atoms with Crippen molar-refractivity contribution in [3.63, 3.8) is 0 Å². The van der Waals surface area contributed by atoms with Crippen LogP contribution < -0.4 is 10.2 Å². The first-order chi connectivity index (χ1) is 17.1. The predicted octanol–water partition coefficient (Wildman–Crippen LogP) is 3.89. The first-order valence-electron chi connectivity index (χ1n) is 11.6. The minimum absolute atomic E-state index is 0.000720. The van der Waals surface area contributed by atoms with Gasteiger partial charge >= 0.3 is 6.18 Å². The predicted molar refractivity (Wildman–Crippen MR) is 129 cm³/mol. The summed E-state index contributed by atoms with van der Waals surface area (Å²) in [5, 5.41) is 14.5. The zero-order chi connectivity index (χ0) is 25.9. The highest BCUT2D eigenvalue weighted by molar-refractivity contribution is 6.30. The van der Waals surface area contributed by atoms with E-state index in [0.29, 0.717) is 37.5 Å². The number of likely N-dealkylation sites (tertiary alicyclic amines) is 1. The minimum Gasteiger partial charge on any atom is -0.380 e. The maximum atomic E-state index is 13.2. The van der Waals surface area contributed by atoms with Gasteiger partial charge in [-0.25, -0.2) is 4.98 Å². The van der Waals surface area contributed by atoms with Gasteiger partial charge in [-0.05, 0) is 30.7 Å². The maximum Gasteiger partial charge on any atom is 0.423 e. The minimum atomic E-state index is -4.84. The lowest BCUT2D eigenvalue weighted by Gasteiger charge is -2.35. The lowest BCUT2D eigenvalue weighted by Crippen LogP contribution is -2.47. The van der Waals surface area contributed by atoms with Crippen LogP contribution in [-0.4, -0.2) is 77.5 Å². The number of hydrogen-bond donors (Lipinski definition) is 1. The van der Waals surface area contributed by atoms with Crippen molar-refractivity contribution in [3.8, 4) is 0 Å². The number of halogens is 4. The number of amides is 1. The Morgan fingerprint density at radius 2 is 1.92 bits per heavy atom. The van der Waals surface area contributed by atoms with E-state index in [4.69, 9.17) is 11.6 Å². The van der Waals surface area contributed by atoms with E-state index in [0.717, 1.165) is 44.1 Å². The lowest BCUT2D eigenvalue weighted by molar-refractivity contribution is -0.388. The number of carbonyl (C=O) groups is 1. The van der Waals surface area contributed by atoms with Crippen LogP contribution in [0.2, 0.25) is 5.02 Å². The molecule has 2 aliphatic rings. The first kappa shape index (κ1) is 26.0. The third-order valence-electron chi connectivity index (χ3n) is 6.46. The van der Waals surface area contributed by atoms with Gasteiger partial charge in [-0.1, -0.05) is 11.6 Å². The molecule has 194 valence electrons. The quantitative estimate of drug-likeness (QED) is 0.432. The number of benzene rings is 1. The molecule has 0 bridgehead atoms. The zero-order valence-electron chi connectivity index (χ0n) is 19.4. The van der Waals surface area contributed by atoms with Crippen LogP contribution in [0, 0.1) is 10.1 Å². The molecule has 1 aromatic heterocycles. The van der Waals surface area contributed by atoms with Crippen molar-refractivity contribution in [2.24, 2.45) is 0 Å². The molecule has 13 heteroatoms. The van der Waals surface area contributed by atoms with Gasteiger partial charge in [0, 0.05) is 76.2 Å². The van der Waals surface area contributed by atoms with E-state index in [1.54, 1.807) is 11.1 Å². The fraction of sp³-hybridized carbons (Fsp3) is 0.478. The van der Waals surface area contributed by atoms with Crippen LogP contribution in [0.4, 0.5) is 30.4 Å². The van der Waals surface area contributed by atoms with Gasteiger partial charge in [0.2, 0.25) is 5.91 Å². The number of nitro benzene ring substituents is 1. The summed E-state index contributed by atoms with van der Waals surface area (Å²) in [7, 11) is 0. The van der Waals surface area contributed by atoms with Crippen molar-refractivity contribution in [3.05, 3.63) is 57.2 Å². The smallest absolute Gasteiger partial charge is 0.380 e. The van der Waals surface area contributed by atoms with E-state index in [9.17, 15) is 28.1 Å². The first-order valence-corrected chi connectivity index (χ1v) is 12.0. The molecule has 3 heterocycles. The molecule has 0 unspecified atom stereocenters. The number of pyridine rings is 1. The summed E-state index contributed by atoms with van der Waals surface area (Å²) >= 11 is 5.89. The van der Waals surface area contributed by atoms with Crippen molar-refractivity contribution >= 4 is 34.7 Å². The van der Waals surface area contributed by atoms with Gasteiger partial charge in [-0.2, -0.15) is 13.2 Å². The molecule has 2 saturated heterocycles. The number of piperazine rings is 1. The van der Waals surface area contributed by atoms with Crippen LogP contribution in [0.25, 0.3) is 0 Å². The molecule has 9 nitrogen and oxygen atoms in total. The number of hydrogen-bond acceptors (Lipinski definition) is 7. The molecule has 36 heavy (non-hydrogen) atoms. The molecule has 0 saturated carbocycles. The van der Waals surface area contributed by atoms with Crippen LogP contribution in [-0.2, 0) is 11.0 Å². The molecule has 4 rings (SSSR count). The molecular weight excluding hydrogens is 501 g/mol. The highest BCUT2D eigenvalue weighted by Crippen LogP contribution is 2.37. The van der Waals surface area contributed by atoms with E-state index < -0.39 is 22.4 Å². The fourth-order valence-electron chi connectivity index (χ4n) is 4.52. The average molecular weight is 527 g/mol. The normalized spacial score (nSPS) is 18.9. The summed E-state index contributed by atoms with van der Waals surface area (Å²) in [6.07, 6.45) is -2.27. The van der Waals surface area contributed by atoms with Crippen LogP contribution in [0.3, 0.4) is 0 Å². The molecule has 0 spiro atoms. The average Bonchev–Trinajstić information content (AvgIpc) is 3.31. The lowest BCUT2D eigenvalue weighted by atomic mass is 10.1. The standard InChI is InChI=1S/C23H26ClF3N6O3/c24-16-1-4-21(28-14-16)31-11-9-30(10-12-31)7-6-22(34)32-8-5-18(15-32)29-17-2-3-20(33(35)36)19(13-17)23(25,26)27/h1-4,13-14,18,29H,5-12,15H2/t18-/m0/s1. The Morgan fingerprint density at radius 3 is 2.56 bits per heavy atom. The van der Waals surface area contributed by atoms with E-state index >= 15 is 0 Å². The molecule has 1 atom stereocenters. The molecule has 1 amide bonds. The van der Waals surface area contributed by atoms with Gasteiger partial charge in [0.05, 0.1) is 9.95 Å². The molecule has 2 aromatic rings. The van der Waals surface area contributed by atoms with E-state index in [1.165, 1.54) is 6.07 Å². The second kappa shape index (κ2) is 10.9. The van der Waals surface area contributed by atoms with Crippen molar-refractivity contribution in [1.29, 1.82) is 0 Å². The van der Waals surface area contributed by atoms with Gasteiger partial charge in [-0.3, -0.25) is 19.8 Å². The highest BCUT2D eigenvalue weighted by Gasteiger charge is 2.38. The SMILES string of the molecule is O=C(CCN1CCN(c2ccc(Cl)cn2)CC1)N1CC[C@H](Nc2ccc([N+](=O)[O-])c(C(F)(F)F)c2)C1. The Hall–Kier alpha value is -3.12. The summed E-state index contributed by atoms with van der Waals surface area (Å²) in [4.78, 5) is 33.1. The summed E-state index contributed by atoms with van der Waals surface area (Å²) in [6.45, 7) is 4.72. The number of alkyl halides is 3. The van der Waals surface area contributed by atoms with E-state index in [2.05, 4.69) is 20.1 Å².